The van der Waals surface area contributed by atoms with Crippen LogP contribution in [0.15, 0.2) is 108 Å². The van der Waals surface area contributed by atoms with E-state index in [1.54, 1.807) is 61.7 Å². The van der Waals surface area contributed by atoms with Crippen LogP contribution in [-0.2, 0) is 26.2 Å². The van der Waals surface area contributed by atoms with E-state index < -0.39 is 34.1 Å². The fourth-order valence-electron chi connectivity index (χ4n) is 5.01. The first-order valence-corrected chi connectivity index (χ1v) is 16.9. The van der Waals surface area contributed by atoms with Crippen molar-refractivity contribution in [3.05, 3.63) is 114 Å². The SMILES string of the molecule is CC[C@H](C(=O)NC(C)(C)C)N(Cc1cccc(OC)c1)C(=O)CN(c1ccc(Oc2ccccc2)cc1)S(=O)(=O)c1ccc(C)cc1. The molecule has 1 atom stereocenters. The molecule has 4 aromatic rings. The fourth-order valence-corrected chi connectivity index (χ4v) is 6.43. The summed E-state index contributed by atoms with van der Waals surface area (Å²) in [5.74, 6) is 0.870. The lowest BCUT2D eigenvalue weighted by Crippen LogP contribution is -2.55. The fraction of sp³-hybridized carbons (Fsp3) is 0.297. The van der Waals surface area contributed by atoms with E-state index in [0.29, 0.717) is 23.7 Å². The van der Waals surface area contributed by atoms with E-state index in [1.807, 2.05) is 71.0 Å². The predicted octanol–water partition coefficient (Wildman–Crippen LogP) is 6.71. The Kier molecular flexibility index (Phi) is 11.3. The molecule has 0 spiro atoms. The Balaban J connectivity index is 1.74. The van der Waals surface area contributed by atoms with Crippen LogP contribution in [-0.4, -0.2) is 50.4 Å². The summed E-state index contributed by atoms with van der Waals surface area (Å²) in [6.45, 7) is 8.82. The molecule has 0 heterocycles. The van der Waals surface area contributed by atoms with Gasteiger partial charge in [-0.2, -0.15) is 0 Å². The van der Waals surface area contributed by atoms with E-state index in [9.17, 15) is 18.0 Å². The molecule has 9 nitrogen and oxygen atoms in total. The van der Waals surface area contributed by atoms with E-state index in [0.717, 1.165) is 15.4 Å². The standard InChI is InChI=1S/C37H43N3O6S/c1-7-34(36(42)38-37(3,4)5)39(25-28-12-11-15-32(24-28)45-6)35(41)26-40(47(43,44)33-22-16-27(2)17-23-33)29-18-20-31(21-19-29)46-30-13-9-8-10-14-30/h8-24,34H,7,25-26H2,1-6H3,(H,38,42)/t34-/m1/s1. The summed E-state index contributed by atoms with van der Waals surface area (Å²) in [5.41, 5.74) is 1.36. The first-order valence-electron chi connectivity index (χ1n) is 15.5. The van der Waals surface area contributed by atoms with Gasteiger partial charge in [-0.25, -0.2) is 8.42 Å². The maximum atomic E-state index is 14.4. The Bertz CT molecular complexity index is 1750. The number of para-hydroxylation sites is 1. The van der Waals surface area contributed by atoms with Crippen molar-refractivity contribution in [3.8, 4) is 17.2 Å². The number of sulfonamides is 1. The zero-order chi connectivity index (χ0) is 34.2. The van der Waals surface area contributed by atoms with Crippen molar-refractivity contribution in [1.29, 1.82) is 0 Å². The number of hydrogen-bond acceptors (Lipinski definition) is 6. The summed E-state index contributed by atoms with van der Waals surface area (Å²) in [6, 6.07) is 28.6. The molecule has 0 bridgehead atoms. The number of nitrogens with zero attached hydrogens (tertiary/aromatic N) is 2. The van der Waals surface area contributed by atoms with Crippen LogP contribution in [0.4, 0.5) is 5.69 Å². The number of aryl methyl sites for hydroxylation is 1. The minimum atomic E-state index is -4.21. The molecular formula is C37H43N3O6S. The first-order chi connectivity index (χ1) is 22.3. The van der Waals surface area contributed by atoms with Gasteiger partial charge in [-0.3, -0.25) is 13.9 Å². The van der Waals surface area contributed by atoms with Gasteiger partial charge >= 0.3 is 0 Å². The predicted molar refractivity (Wildman–Crippen MR) is 184 cm³/mol. The normalized spacial score (nSPS) is 12.1. The van der Waals surface area contributed by atoms with Gasteiger partial charge in [0.1, 0.15) is 29.8 Å². The molecule has 0 saturated carbocycles. The molecule has 0 aliphatic carbocycles. The molecule has 0 radical (unpaired) electrons. The quantitative estimate of drug-likeness (QED) is 0.171. The van der Waals surface area contributed by atoms with Crippen LogP contribution >= 0.6 is 0 Å². The van der Waals surface area contributed by atoms with Crippen molar-refractivity contribution < 1.29 is 27.5 Å². The second-order valence-electron chi connectivity index (χ2n) is 12.3. The van der Waals surface area contributed by atoms with Gasteiger partial charge in [-0.1, -0.05) is 55.0 Å². The van der Waals surface area contributed by atoms with Crippen molar-refractivity contribution in [2.24, 2.45) is 0 Å². The number of rotatable bonds is 13. The zero-order valence-electron chi connectivity index (χ0n) is 27.8. The molecule has 10 heteroatoms. The maximum absolute atomic E-state index is 14.4. The summed E-state index contributed by atoms with van der Waals surface area (Å²) in [5, 5.41) is 2.98. The summed E-state index contributed by atoms with van der Waals surface area (Å²) in [4.78, 5) is 29.4. The average molecular weight is 658 g/mol. The molecule has 47 heavy (non-hydrogen) atoms. The van der Waals surface area contributed by atoms with Crippen molar-refractivity contribution in [2.75, 3.05) is 18.0 Å². The van der Waals surface area contributed by atoms with E-state index >= 15 is 0 Å². The average Bonchev–Trinajstić information content (AvgIpc) is 3.04. The van der Waals surface area contributed by atoms with Crippen LogP contribution in [0.5, 0.6) is 17.2 Å². The van der Waals surface area contributed by atoms with E-state index in [2.05, 4.69) is 5.32 Å². The lowest BCUT2D eigenvalue weighted by atomic mass is 10.1. The second-order valence-corrected chi connectivity index (χ2v) is 14.1. The van der Waals surface area contributed by atoms with Crippen LogP contribution in [0, 0.1) is 6.92 Å². The third kappa shape index (κ3) is 9.36. The van der Waals surface area contributed by atoms with Crippen LogP contribution in [0.25, 0.3) is 0 Å². The Morgan fingerprint density at radius 1 is 0.830 bits per heavy atom. The highest BCUT2D eigenvalue weighted by Gasteiger charge is 2.34. The summed E-state index contributed by atoms with van der Waals surface area (Å²) in [7, 11) is -2.66. The first kappa shape index (κ1) is 35.0. The minimum absolute atomic E-state index is 0.0392. The number of ether oxygens (including phenoxy) is 2. The molecule has 0 saturated heterocycles. The number of benzene rings is 4. The smallest absolute Gasteiger partial charge is 0.264 e. The highest BCUT2D eigenvalue weighted by molar-refractivity contribution is 7.92. The summed E-state index contributed by atoms with van der Waals surface area (Å²) < 4.78 is 40.8. The Labute approximate surface area is 278 Å². The number of nitrogens with one attached hydrogen (secondary N) is 1. The second kappa shape index (κ2) is 15.2. The molecule has 4 aromatic carbocycles. The highest BCUT2D eigenvalue weighted by atomic mass is 32.2. The van der Waals surface area contributed by atoms with Crippen LogP contribution in [0.2, 0.25) is 0 Å². The molecule has 0 aromatic heterocycles. The van der Waals surface area contributed by atoms with Gasteiger partial charge in [-0.05, 0) is 100 Å². The largest absolute Gasteiger partial charge is 0.497 e. The van der Waals surface area contributed by atoms with Gasteiger partial charge in [0.15, 0.2) is 0 Å². The van der Waals surface area contributed by atoms with Crippen molar-refractivity contribution in [3.63, 3.8) is 0 Å². The number of carbonyl (C=O) groups excluding carboxylic acids is 2. The number of anilines is 1. The van der Waals surface area contributed by atoms with E-state index in [1.165, 1.54) is 17.0 Å². The molecule has 1 N–H and O–H groups in total. The molecule has 2 amide bonds. The summed E-state index contributed by atoms with van der Waals surface area (Å²) in [6.07, 6.45) is 0.313. The minimum Gasteiger partial charge on any atom is -0.497 e. The van der Waals surface area contributed by atoms with Crippen molar-refractivity contribution in [2.45, 2.75) is 64.1 Å². The maximum Gasteiger partial charge on any atom is 0.264 e. The van der Waals surface area contributed by atoms with Gasteiger partial charge < -0.3 is 19.7 Å². The molecule has 248 valence electrons. The Morgan fingerprint density at radius 3 is 2.04 bits per heavy atom. The number of amides is 2. The topological polar surface area (TPSA) is 105 Å². The van der Waals surface area contributed by atoms with Crippen LogP contribution < -0.4 is 19.1 Å². The van der Waals surface area contributed by atoms with Gasteiger partial charge in [0, 0.05) is 12.1 Å². The Hall–Kier alpha value is -4.83. The molecule has 4 rings (SSSR count). The van der Waals surface area contributed by atoms with Crippen molar-refractivity contribution in [1.82, 2.24) is 10.2 Å². The van der Waals surface area contributed by atoms with Crippen LogP contribution in [0.1, 0.15) is 45.2 Å². The summed E-state index contributed by atoms with van der Waals surface area (Å²) >= 11 is 0. The number of methoxy groups -OCH3 is 1. The monoisotopic (exact) mass is 657 g/mol. The third-order valence-electron chi connectivity index (χ3n) is 7.36. The molecule has 0 aliphatic heterocycles. The lowest BCUT2D eigenvalue weighted by Gasteiger charge is -2.34. The van der Waals surface area contributed by atoms with Gasteiger partial charge in [0.2, 0.25) is 11.8 Å². The van der Waals surface area contributed by atoms with Crippen LogP contribution in [0.3, 0.4) is 0 Å². The Morgan fingerprint density at radius 2 is 1.45 bits per heavy atom. The van der Waals surface area contributed by atoms with E-state index in [4.69, 9.17) is 9.47 Å². The van der Waals surface area contributed by atoms with Crippen molar-refractivity contribution >= 4 is 27.5 Å². The molecule has 0 aliphatic rings. The molecule has 0 fully saturated rings. The molecule has 0 unspecified atom stereocenters. The molecular weight excluding hydrogens is 614 g/mol. The van der Waals surface area contributed by atoms with Gasteiger partial charge in [0.05, 0.1) is 17.7 Å². The van der Waals surface area contributed by atoms with E-state index in [-0.39, 0.29) is 23.0 Å². The number of carbonyl (C=O) groups is 2. The highest BCUT2D eigenvalue weighted by Crippen LogP contribution is 2.29. The van der Waals surface area contributed by atoms with Gasteiger partial charge in [-0.15, -0.1) is 0 Å². The number of hydrogen-bond donors (Lipinski definition) is 1. The lowest BCUT2D eigenvalue weighted by molar-refractivity contribution is -0.141. The third-order valence-corrected chi connectivity index (χ3v) is 9.15. The van der Waals surface area contributed by atoms with Gasteiger partial charge in [0.25, 0.3) is 10.0 Å². The zero-order valence-corrected chi connectivity index (χ0v) is 28.6.